The zero-order valence-electron chi connectivity index (χ0n) is 22.7. The summed E-state index contributed by atoms with van der Waals surface area (Å²) in [6, 6.07) is 23.9. The highest BCUT2D eigenvalue weighted by atomic mass is 32.2. The number of sulfonamides is 1. The minimum atomic E-state index is -4.06. The van der Waals surface area contributed by atoms with E-state index in [1.165, 1.54) is 17.0 Å². The van der Waals surface area contributed by atoms with E-state index in [9.17, 15) is 18.0 Å². The van der Waals surface area contributed by atoms with Crippen molar-refractivity contribution < 1.29 is 18.0 Å². The lowest BCUT2D eigenvalue weighted by Gasteiger charge is -2.33. The van der Waals surface area contributed by atoms with Crippen LogP contribution in [-0.2, 0) is 26.0 Å². The fourth-order valence-corrected chi connectivity index (χ4v) is 5.42. The SMILES string of the molecule is Cc1ccc(S(=O)(=O)N(CC(=O)N(CCc2ccccc2)C(C)C(=O)NC(C)(C)C)c2ccccc2)cc1. The molecule has 7 nitrogen and oxygen atoms in total. The molecule has 0 aliphatic rings. The van der Waals surface area contributed by atoms with Gasteiger partial charge in [0.05, 0.1) is 10.6 Å². The van der Waals surface area contributed by atoms with Gasteiger partial charge in [-0.05, 0) is 70.9 Å². The summed E-state index contributed by atoms with van der Waals surface area (Å²) in [6.45, 7) is 8.99. The van der Waals surface area contributed by atoms with E-state index in [0.29, 0.717) is 12.1 Å². The number of aryl methyl sites for hydroxylation is 1. The van der Waals surface area contributed by atoms with Crippen molar-refractivity contribution in [2.45, 2.75) is 57.5 Å². The van der Waals surface area contributed by atoms with Crippen molar-refractivity contribution in [2.24, 2.45) is 0 Å². The van der Waals surface area contributed by atoms with Crippen LogP contribution in [0.4, 0.5) is 5.69 Å². The molecule has 202 valence electrons. The van der Waals surface area contributed by atoms with Crippen molar-refractivity contribution in [1.29, 1.82) is 0 Å². The number of carbonyl (C=O) groups is 2. The lowest BCUT2D eigenvalue weighted by Crippen LogP contribution is -2.55. The normalized spacial score (nSPS) is 12.4. The molecule has 0 bridgehead atoms. The van der Waals surface area contributed by atoms with E-state index in [1.54, 1.807) is 49.4 Å². The molecule has 0 aliphatic heterocycles. The Bertz CT molecular complexity index is 1320. The first-order valence-electron chi connectivity index (χ1n) is 12.7. The van der Waals surface area contributed by atoms with Crippen molar-refractivity contribution in [3.05, 3.63) is 96.1 Å². The highest BCUT2D eigenvalue weighted by Gasteiger charge is 2.33. The molecule has 3 aromatic carbocycles. The van der Waals surface area contributed by atoms with Crippen molar-refractivity contribution in [3.8, 4) is 0 Å². The molecule has 0 aromatic heterocycles. The molecule has 38 heavy (non-hydrogen) atoms. The first kappa shape index (κ1) is 28.9. The van der Waals surface area contributed by atoms with E-state index in [-0.39, 0.29) is 17.3 Å². The van der Waals surface area contributed by atoms with E-state index in [2.05, 4.69) is 5.32 Å². The second kappa shape index (κ2) is 12.3. The van der Waals surface area contributed by atoms with E-state index in [0.717, 1.165) is 15.4 Å². The smallest absolute Gasteiger partial charge is 0.264 e. The standard InChI is InChI=1S/C30H37N3O4S/c1-23-16-18-27(19-17-23)38(36,37)33(26-14-10-7-11-15-26)22-28(34)32(21-20-25-12-8-6-9-13-25)24(2)29(35)31-30(3,4)5/h6-19,24H,20-22H2,1-5H3,(H,31,35). The number of rotatable bonds is 10. The van der Waals surface area contributed by atoms with Crippen LogP contribution >= 0.6 is 0 Å². The molecule has 1 atom stereocenters. The first-order valence-corrected chi connectivity index (χ1v) is 14.1. The zero-order chi connectivity index (χ0) is 27.9. The number of nitrogens with zero attached hydrogens (tertiary/aromatic N) is 2. The summed E-state index contributed by atoms with van der Waals surface area (Å²) >= 11 is 0. The number of amides is 2. The molecule has 0 aliphatic carbocycles. The Kier molecular flexibility index (Phi) is 9.33. The second-order valence-corrected chi connectivity index (χ2v) is 12.3. The van der Waals surface area contributed by atoms with Gasteiger partial charge < -0.3 is 10.2 Å². The minimum absolute atomic E-state index is 0.0918. The maximum Gasteiger partial charge on any atom is 0.264 e. The number of hydrogen-bond donors (Lipinski definition) is 1. The van der Waals surface area contributed by atoms with E-state index in [1.807, 2.05) is 58.0 Å². The average molecular weight is 536 g/mol. The monoisotopic (exact) mass is 535 g/mol. The Morgan fingerprint density at radius 3 is 1.97 bits per heavy atom. The summed E-state index contributed by atoms with van der Waals surface area (Å²) in [5.41, 5.74) is 1.83. The quantitative estimate of drug-likeness (QED) is 0.412. The average Bonchev–Trinajstić information content (AvgIpc) is 2.87. The van der Waals surface area contributed by atoms with Gasteiger partial charge in [0.1, 0.15) is 12.6 Å². The summed E-state index contributed by atoms with van der Waals surface area (Å²) in [6.07, 6.45) is 0.524. The van der Waals surface area contributed by atoms with Crippen LogP contribution in [0.1, 0.15) is 38.8 Å². The predicted octanol–water partition coefficient (Wildman–Crippen LogP) is 4.56. The second-order valence-electron chi connectivity index (χ2n) is 10.4. The van der Waals surface area contributed by atoms with Crippen LogP contribution in [0.3, 0.4) is 0 Å². The Morgan fingerprint density at radius 1 is 0.868 bits per heavy atom. The van der Waals surface area contributed by atoms with Gasteiger partial charge in [0.25, 0.3) is 10.0 Å². The lowest BCUT2D eigenvalue weighted by molar-refractivity contribution is -0.139. The molecule has 2 amide bonds. The summed E-state index contributed by atoms with van der Waals surface area (Å²) in [7, 11) is -4.06. The topological polar surface area (TPSA) is 86.8 Å². The van der Waals surface area contributed by atoms with Crippen LogP contribution in [-0.4, -0.2) is 49.8 Å². The number of anilines is 1. The summed E-state index contributed by atoms with van der Waals surface area (Å²) < 4.78 is 28.6. The largest absolute Gasteiger partial charge is 0.350 e. The maximum absolute atomic E-state index is 13.8. The third kappa shape index (κ3) is 7.68. The maximum atomic E-state index is 13.8. The summed E-state index contributed by atoms with van der Waals surface area (Å²) in [4.78, 5) is 28.5. The molecule has 0 saturated heterocycles. The molecule has 0 saturated carbocycles. The van der Waals surface area contributed by atoms with Gasteiger partial charge in [-0.25, -0.2) is 8.42 Å². The van der Waals surface area contributed by atoms with Crippen LogP contribution in [0, 0.1) is 6.92 Å². The Balaban J connectivity index is 1.95. The van der Waals surface area contributed by atoms with E-state index in [4.69, 9.17) is 0 Å². The highest BCUT2D eigenvalue weighted by Crippen LogP contribution is 2.24. The summed E-state index contributed by atoms with van der Waals surface area (Å²) in [5.74, 6) is -0.761. The van der Waals surface area contributed by atoms with Gasteiger partial charge in [0.15, 0.2) is 0 Å². The Hall–Kier alpha value is -3.65. The zero-order valence-corrected chi connectivity index (χ0v) is 23.5. The van der Waals surface area contributed by atoms with Gasteiger partial charge in [-0.2, -0.15) is 0 Å². The van der Waals surface area contributed by atoms with Crippen LogP contribution in [0.5, 0.6) is 0 Å². The van der Waals surface area contributed by atoms with E-state index >= 15 is 0 Å². The van der Waals surface area contributed by atoms with Gasteiger partial charge in [-0.15, -0.1) is 0 Å². The first-order chi connectivity index (χ1) is 17.9. The minimum Gasteiger partial charge on any atom is -0.350 e. The molecule has 3 aromatic rings. The molecule has 1 N–H and O–H groups in total. The highest BCUT2D eigenvalue weighted by molar-refractivity contribution is 7.92. The number of para-hydroxylation sites is 1. The molecular weight excluding hydrogens is 498 g/mol. The molecule has 1 unspecified atom stereocenters. The molecule has 0 fully saturated rings. The van der Waals surface area contributed by atoms with Gasteiger partial charge in [-0.3, -0.25) is 13.9 Å². The number of nitrogens with one attached hydrogen (secondary N) is 1. The van der Waals surface area contributed by atoms with Crippen LogP contribution < -0.4 is 9.62 Å². The van der Waals surface area contributed by atoms with Crippen molar-refractivity contribution in [3.63, 3.8) is 0 Å². The van der Waals surface area contributed by atoms with Crippen molar-refractivity contribution in [2.75, 3.05) is 17.4 Å². The van der Waals surface area contributed by atoms with E-state index < -0.39 is 34.1 Å². The number of hydrogen-bond acceptors (Lipinski definition) is 4. The molecule has 8 heteroatoms. The van der Waals surface area contributed by atoms with Crippen molar-refractivity contribution >= 4 is 27.5 Å². The fourth-order valence-electron chi connectivity index (χ4n) is 4.00. The van der Waals surface area contributed by atoms with Crippen LogP contribution in [0.2, 0.25) is 0 Å². The Morgan fingerprint density at radius 2 is 1.42 bits per heavy atom. The molecular formula is C30H37N3O4S. The van der Waals surface area contributed by atoms with Crippen LogP contribution in [0.25, 0.3) is 0 Å². The lowest BCUT2D eigenvalue weighted by atomic mass is 10.1. The van der Waals surface area contributed by atoms with Gasteiger partial charge >= 0.3 is 0 Å². The van der Waals surface area contributed by atoms with Gasteiger partial charge in [0.2, 0.25) is 11.8 Å². The third-order valence-electron chi connectivity index (χ3n) is 6.08. The number of benzene rings is 3. The molecule has 0 radical (unpaired) electrons. The van der Waals surface area contributed by atoms with Crippen molar-refractivity contribution in [1.82, 2.24) is 10.2 Å². The third-order valence-corrected chi connectivity index (χ3v) is 7.87. The van der Waals surface area contributed by atoms with Gasteiger partial charge in [0, 0.05) is 12.1 Å². The van der Waals surface area contributed by atoms with Gasteiger partial charge in [-0.1, -0.05) is 66.2 Å². The molecule has 3 rings (SSSR count). The predicted molar refractivity (Wildman–Crippen MR) is 151 cm³/mol. The number of carbonyl (C=O) groups excluding carboxylic acids is 2. The van der Waals surface area contributed by atoms with Crippen LogP contribution in [0.15, 0.2) is 89.8 Å². The molecule has 0 spiro atoms. The Labute approximate surface area is 226 Å². The molecule has 0 heterocycles. The summed E-state index contributed by atoms with van der Waals surface area (Å²) in [5, 5.41) is 2.93. The fraction of sp³-hybridized carbons (Fsp3) is 0.333.